The van der Waals surface area contributed by atoms with E-state index in [1.54, 1.807) is 5.57 Å². The van der Waals surface area contributed by atoms with Crippen molar-refractivity contribution in [2.45, 2.75) is 116 Å². The van der Waals surface area contributed by atoms with Crippen LogP contribution in [0.2, 0.25) is 18.1 Å². The molecule has 1 aromatic rings. The van der Waals surface area contributed by atoms with Gasteiger partial charge in [-0.15, -0.1) is 0 Å². The lowest BCUT2D eigenvalue weighted by Crippen LogP contribution is -2.54. The average Bonchev–Trinajstić information content (AvgIpc) is 3.05. The smallest absolute Gasteiger partial charge is 0.192 e. The topological polar surface area (TPSA) is 42.4 Å². The van der Waals surface area contributed by atoms with Crippen LogP contribution in [0.4, 0.5) is 0 Å². The summed E-state index contributed by atoms with van der Waals surface area (Å²) < 4.78 is 6.89. The zero-order chi connectivity index (χ0) is 24.6. The molecule has 1 N–H and O–H groups in total. The van der Waals surface area contributed by atoms with E-state index in [2.05, 4.69) is 64.8 Å². The Hall–Kier alpha value is -0.973. The van der Waals surface area contributed by atoms with Crippen molar-refractivity contribution in [3.63, 3.8) is 0 Å². The van der Waals surface area contributed by atoms with Crippen LogP contribution in [0.15, 0.2) is 36.2 Å². The summed E-state index contributed by atoms with van der Waals surface area (Å²) in [5.41, 5.74) is 2.23. The number of aromatic nitrogens is 1. The number of rotatable bonds is 3. The molecule has 1 aromatic heterocycles. The van der Waals surface area contributed by atoms with Crippen LogP contribution in [0.3, 0.4) is 0 Å². The van der Waals surface area contributed by atoms with Crippen molar-refractivity contribution in [1.29, 1.82) is 0 Å². The van der Waals surface area contributed by atoms with Crippen LogP contribution >= 0.6 is 0 Å². The summed E-state index contributed by atoms with van der Waals surface area (Å²) in [6.07, 6.45) is 15.9. The number of hydrogen-bond acceptors (Lipinski definition) is 3. The number of fused-ring (bicyclic) bond motifs is 5. The molecule has 0 amide bonds. The first-order valence-electron chi connectivity index (χ1n) is 13.8. The van der Waals surface area contributed by atoms with Crippen molar-refractivity contribution in [3.05, 3.63) is 41.7 Å². The van der Waals surface area contributed by atoms with E-state index in [-0.39, 0.29) is 10.5 Å². The lowest BCUT2D eigenvalue weighted by atomic mass is 9.46. The van der Waals surface area contributed by atoms with Crippen LogP contribution in [-0.4, -0.2) is 24.5 Å². The van der Waals surface area contributed by atoms with Gasteiger partial charge in [-0.3, -0.25) is 4.98 Å². The highest BCUT2D eigenvalue weighted by Crippen LogP contribution is 2.69. The van der Waals surface area contributed by atoms with Crippen molar-refractivity contribution < 1.29 is 9.53 Å². The third-order valence-corrected chi connectivity index (χ3v) is 16.2. The van der Waals surface area contributed by atoms with Crippen LogP contribution in [0.25, 0.3) is 0 Å². The van der Waals surface area contributed by atoms with Gasteiger partial charge in [0.05, 0.1) is 5.60 Å². The minimum Gasteiger partial charge on any atom is -0.414 e. The highest BCUT2D eigenvalue weighted by atomic mass is 28.4. The number of allylic oxidation sites excluding steroid dienone is 1. The summed E-state index contributed by atoms with van der Waals surface area (Å²) in [4.78, 5) is 4.36. The molecule has 0 bridgehead atoms. The SMILES string of the molecule is CC(C)(C)[Si](C)(C)O[C@H]1CC[C@@]2(C)C(=CC[C@@H]3[C@@H]2CC[C@@]2(C)[C@H]3CCC2(O)c2cccnc2)C1. The highest BCUT2D eigenvalue weighted by molar-refractivity contribution is 6.74. The van der Waals surface area contributed by atoms with Crippen LogP contribution in [0.1, 0.15) is 91.5 Å². The molecular formula is C30H47NO2Si. The van der Waals surface area contributed by atoms with Gasteiger partial charge in [0, 0.05) is 29.5 Å². The Morgan fingerprint density at radius 3 is 2.47 bits per heavy atom. The van der Waals surface area contributed by atoms with E-state index >= 15 is 0 Å². The molecule has 0 radical (unpaired) electrons. The maximum atomic E-state index is 12.0. The van der Waals surface area contributed by atoms with E-state index in [1.165, 1.54) is 25.7 Å². The zero-order valence-electron chi connectivity index (χ0n) is 22.7. The number of nitrogens with zero attached hydrogens (tertiary/aromatic N) is 1. The molecule has 4 aliphatic carbocycles. The average molecular weight is 482 g/mol. The highest BCUT2D eigenvalue weighted by Gasteiger charge is 2.64. The Morgan fingerprint density at radius 1 is 1.06 bits per heavy atom. The Labute approximate surface area is 208 Å². The molecule has 1 unspecified atom stereocenters. The quantitative estimate of drug-likeness (QED) is 0.356. The third kappa shape index (κ3) is 3.53. The number of pyridine rings is 1. The Morgan fingerprint density at radius 2 is 1.79 bits per heavy atom. The molecule has 0 aromatic carbocycles. The first kappa shape index (κ1) is 24.7. The molecule has 0 saturated heterocycles. The Kier molecular flexibility index (Phi) is 5.82. The lowest BCUT2D eigenvalue weighted by Gasteiger charge is -2.59. The van der Waals surface area contributed by atoms with E-state index < -0.39 is 13.9 Å². The van der Waals surface area contributed by atoms with Gasteiger partial charge < -0.3 is 9.53 Å². The van der Waals surface area contributed by atoms with Gasteiger partial charge in [0.15, 0.2) is 8.32 Å². The van der Waals surface area contributed by atoms with Gasteiger partial charge in [-0.2, -0.15) is 0 Å². The predicted molar refractivity (Wildman–Crippen MR) is 142 cm³/mol. The van der Waals surface area contributed by atoms with Crippen molar-refractivity contribution in [1.82, 2.24) is 4.98 Å². The Balaban J connectivity index is 1.38. The standard InChI is InChI=1S/C30H47NO2Si/c1-27(2,3)34(6,7)33-23-12-15-28(4)21(19-23)10-11-24-25(28)13-16-29(5)26(24)14-17-30(29,32)22-9-8-18-31-20-22/h8-10,18,20,23-26,32H,11-17,19H2,1-7H3/t23-,24+,25-,26-,28-,29-,30?/m0/s1. The summed E-state index contributed by atoms with van der Waals surface area (Å²) in [6, 6.07) is 4.08. The van der Waals surface area contributed by atoms with Gasteiger partial charge in [0.1, 0.15) is 0 Å². The molecule has 3 nitrogen and oxygen atoms in total. The molecule has 3 saturated carbocycles. The van der Waals surface area contributed by atoms with Crippen molar-refractivity contribution in [2.24, 2.45) is 28.6 Å². The predicted octanol–water partition coefficient (Wildman–Crippen LogP) is 7.62. The normalized spacial score (nSPS) is 42.4. The van der Waals surface area contributed by atoms with Gasteiger partial charge in [-0.25, -0.2) is 0 Å². The van der Waals surface area contributed by atoms with Gasteiger partial charge in [-0.1, -0.05) is 52.3 Å². The molecule has 0 aliphatic heterocycles. The molecule has 4 heteroatoms. The molecule has 0 spiro atoms. The van der Waals surface area contributed by atoms with Gasteiger partial charge in [-0.05, 0) is 98.7 Å². The molecule has 34 heavy (non-hydrogen) atoms. The fraction of sp³-hybridized carbons (Fsp3) is 0.767. The van der Waals surface area contributed by atoms with Crippen LogP contribution in [-0.2, 0) is 10.0 Å². The summed E-state index contributed by atoms with van der Waals surface area (Å²) in [5.74, 6) is 2.03. The third-order valence-electron chi connectivity index (χ3n) is 11.6. The minimum absolute atomic E-state index is 0.0540. The molecular weight excluding hydrogens is 434 g/mol. The largest absolute Gasteiger partial charge is 0.414 e. The van der Waals surface area contributed by atoms with Crippen molar-refractivity contribution in [3.8, 4) is 0 Å². The van der Waals surface area contributed by atoms with Gasteiger partial charge >= 0.3 is 0 Å². The first-order chi connectivity index (χ1) is 15.8. The van der Waals surface area contributed by atoms with E-state index in [0.29, 0.717) is 23.4 Å². The molecule has 1 heterocycles. The van der Waals surface area contributed by atoms with E-state index in [9.17, 15) is 5.11 Å². The second-order valence-corrected chi connectivity index (χ2v) is 18.9. The van der Waals surface area contributed by atoms with Crippen LogP contribution in [0.5, 0.6) is 0 Å². The van der Waals surface area contributed by atoms with Gasteiger partial charge in [0.25, 0.3) is 0 Å². The van der Waals surface area contributed by atoms with Crippen molar-refractivity contribution >= 4 is 8.32 Å². The van der Waals surface area contributed by atoms with Gasteiger partial charge in [0.2, 0.25) is 0 Å². The first-order valence-corrected chi connectivity index (χ1v) is 16.7. The number of hydrogen-bond donors (Lipinski definition) is 1. The summed E-state index contributed by atoms with van der Waals surface area (Å²) >= 11 is 0. The van der Waals surface area contributed by atoms with E-state index in [0.717, 1.165) is 37.2 Å². The monoisotopic (exact) mass is 481 g/mol. The maximum Gasteiger partial charge on any atom is 0.192 e. The van der Waals surface area contributed by atoms with Crippen LogP contribution in [0, 0.1) is 28.6 Å². The molecule has 7 atom stereocenters. The summed E-state index contributed by atoms with van der Waals surface area (Å²) in [5, 5.41) is 12.3. The summed E-state index contributed by atoms with van der Waals surface area (Å²) in [7, 11) is -1.74. The Bertz CT molecular complexity index is 952. The second-order valence-electron chi connectivity index (χ2n) is 14.1. The maximum absolute atomic E-state index is 12.0. The van der Waals surface area contributed by atoms with E-state index in [1.807, 2.05) is 18.5 Å². The zero-order valence-corrected chi connectivity index (χ0v) is 23.7. The molecule has 3 fully saturated rings. The number of aliphatic hydroxyl groups is 1. The minimum atomic E-state index is -1.74. The van der Waals surface area contributed by atoms with Crippen LogP contribution < -0.4 is 0 Å². The molecule has 188 valence electrons. The molecule has 5 rings (SSSR count). The van der Waals surface area contributed by atoms with E-state index in [4.69, 9.17) is 4.43 Å². The van der Waals surface area contributed by atoms with Crippen molar-refractivity contribution in [2.75, 3.05) is 0 Å². The molecule has 4 aliphatic rings. The lowest BCUT2D eigenvalue weighted by molar-refractivity contribution is -0.129. The fourth-order valence-corrected chi connectivity index (χ4v) is 9.81. The summed E-state index contributed by atoms with van der Waals surface area (Å²) in [6.45, 7) is 16.8. The fourth-order valence-electron chi connectivity index (χ4n) is 8.42. The second kappa shape index (κ2) is 8.01.